The van der Waals surface area contributed by atoms with Gasteiger partial charge in [-0.1, -0.05) is 48.9 Å². The van der Waals surface area contributed by atoms with E-state index >= 15 is 0 Å². The number of fused-ring (bicyclic) bond motifs is 1. The summed E-state index contributed by atoms with van der Waals surface area (Å²) >= 11 is 0. The van der Waals surface area contributed by atoms with Crippen LogP contribution in [0.1, 0.15) is 25.7 Å². The molecule has 0 aliphatic rings. The van der Waals surface area contributed by atoms with Crippen LogP contribution in [0, 0.1) is 0 Å². The molecule has 165 valence electrons. The van der Waals surface area contributed by atoms with Crippen LogP contribution in [0.15, 0.2) is 65.3 Å². The van der Waals surface area contributed by atoms with Crippen molar-refractivity contribution in [1.29, 1.82) is 0 Å². The number of carboxylic acids is 1. The number of rotatable bonds is 10. The number of aliphatic carboxylic acids is 1. The molecule has 8 heteroatoms. The van der Waals surface area contributed by atoms with E-state index in [2.05, 4.69) is 15.3 Å². The number of carboxylic acid groups (broad SMARTS) is 1. The van der Waals surface area contributed by atoms with Crippen molar-refractivity contribution in [3.63, 3.8) is 0 Å². The van der Waals surface area contributed by atoms with E-state index in [4.69, 9.17) is 14.3 Å². The number of nitrogens with zero attached hydrogens (tertiary/aromatic N) is 2. The quantitative estimate of drug-likeness (QED) is 0.250. The predicted molar refractivity (Wildman–Crippen MR) is 130 cm³/mol. The number of unbranched alkanes of at least 4 members (excludes halogenated alkanes) is 2. The van der Waals surface area contributed by atoms with E-state index in [-0.39, 0.29) is 36.0 Å². The zero-order valence-corrected chi connectivity index (χ0v) is 20.9. The fourth-order valence-corrected chi connectivity index (χ4v) is 3.68. The van der Waals surface area contributed by atoms with Crippen molar-refractivity contribution in [2.45, 2.75) is 25.7 Å². The second kappa shape index (κ2) is 11.8. The monoisotopic (exact) mass is 454 g/mol. The van der Waals surface area contributed by atoms with Crippen LogP contribution < -0.4 is 10.1 Å². The van der Waals surface area contributed by atoms with Gasteiger partial charge in [0.2, 0.25) is 5.71 Å². The molecule has 2 aromatic carbocycles. The molecule has 0 saturated carbocycles. The van der Waals surface area contributed by atoms with E-state index in [0.717, 1.165) is 46.4 Å². The zero-order chi connectivity index (χ0) is 22.3. The summed E-state index contributed by atoms with van der Waals surface area (Å²) in [6, 6.07) is 17.8. The van der Waals surface area contributed by atoms with E-state index in [0.29, 0.717) is 24.5 Å². The first kappa shape index (κ1) is 24.8. The Hall–Kier alpha value is -2.87. The normalized spacial score (nSPS) is 10.6. The first-order valence-electron chi connectivity index (χ1n) is 10.6. The molecule has 0 bridgehead atoms. The molecule has 0 aliphatic heterocycles. The Labute approximate surface area is 214 Å². The summed E-state index contributed by atoms with van der Waals surface area (Å²) in [5.41, 5.74) is 3.36. The molecule has 1 radical (unpaired) electrons. The summed E-state index contributed by atoms with van der Waals surface area (Å²) in [5.74, 6) is 1.45. The molecule has 0 fully saturated rings. The molecule has 0 atom stereocenters. The van der Waals surface area contributed by atoms with Gasteiger partial charge in [0.15, 0.2) is 0 Å². The van der Waals surface area contributed by atoms with Gasteiger partial charge in [-0.05, 0) is 30.5 Å². The van der Waals surface area contributed by atoms with Crippen molar-refractivity contribution in [2.75, 3.05) is 19.0 Å². The van der Waals surface area contributed by atoms with Gasteiger partial charge in [-0.3, -0.25) is 4.79 Å². The summed E-state index contributed by atoms with van der Waals surface area (Å²) in [7, 11) is 1.64. The molecule has 33 heavy (non-hydrogen) atoms. The maximum atomic E-state index is 10.7. The van der Waals surface area contributed by atoms with E-state index in [9.17, 15) is 4.79 Å². The molecule has 2 heterocycles. The van der Waals surface area contributed by atoms with Gasteiger partial charge in [0, 0.05) is 53.6 Å². The largest absolute Gasteiger partial charge is 0.497 e. The molecule has 2 aromatic heterocycles. The number of carbonyl (C=O) groups is 1. The van der Waals surface area contributed by atoms with Gasteiger partial charge < -0.3 is 19.6 Å². The Morgan fingerprint density at radius 2 is 1.76 bits per heavy atom. The fourth-order valence-electron chi connectivity index (χ4n) is 3.68. The average Bonchev–Trinajstić information content (AvgIpc) is 3.22. The Kier molecular flexibility index (Phi) is 8.88. The number of hydrogen-bond donors (Lipinski definition) is 2. The SMILES string of the molecule is COc1ccc(-c2c(-c3ccccc3)oc3ncnc(NCCCCCC(=O)O)c23)cc1.[Na]. The van der Waals surface area contributed by atoms with Crippen molar-refractivity contribution >= 4 is 52.4 Å². The number of ether oxygens (including phenoxy) is 1. The van der Waals surface area contributed by atoms with Crippen molar-refractivity contribution in [3.8, 4) is 28.2 Å². The number of benzene rings is 2. The molecule has 2 N–H and O–H groups in total. The third-order valence-corrected chi connectivity index (χ3v) is 5.26. The molecule has 0 spiro atoms. The van der Waals surface area contributed by atoms with Crippen LogP contribution in [0.2, 0.25) is 0 Å². The standard InChI is InChI=1S/C25H25N3O4.Na/c1-31-19-13-11-17(12-14-19)21-22-24(26-15-7-3-6-10-20(29)30)27-16-28-25(22)32-23(21)18-8-4-2-5-9-18;/h2,4-5,8-9,11-14,16H,3,6-7,10,15H2,1H3,(H,29,30)(H,26,27,28);. The fraction of sp³-hybridized carbons (Fsp3) is 0.240. The smallest absolute Gasteiger partial charge is 0.303 e. The third-order valence-electron chi connectivity index (χ3n) is 5.26. The summed E-state index contributed by atoms with van der Waals surface area (Å²) < 4.78 is 11.5. The number of methoxy groups -OCH3 is 1. The minimum absolute atomic E-state index is 0. The van der Waals surface area contributed by atoms with Crippen molar-refractivity contribution in [3.05, 3.63) is 60.9 Å². The van der Waals surface area contributed by atoms with Crippen molar-refractivity contribution < 1.29 is 19.1 Å². The van der Waals surface area contributed by atoms with Crippen molar-refractivity contribution in [2.24, 2.45) is 0 Å². The molecule has 4 rings (SSSR count). The van der Waals surface area contributed by atoms with Crippen LogP contribution in [0.3, 0.4) is 0 Å². The zero-order valence-electron chi connectivity index (χ0n) is 18.9. The minimum Gasteiger partial charge on any atom is -0.497 e. The van der Waals surface area contributed by atoms with Gasteiger partial charge in [-0.15, -0.1) is 0 Å². The van der Waals surface area contributed by atoms with E-state index in [1.165, 1.54) is 6.33 Å². The molecule has 0 saturated heterocycles. The predicted octanol–water partition coefficient (Wildman–Crippen LogP) is 5.24. The second-order valence-corrected chi connectivity index (χ2v) is 7.43. The summed E-state index contributed by atoms with van der Waals surface area (Å²) in [5, 5.41) is 13.0. The van der Waals surface area contributed by atoms with Crippen LogP contribution in [0.25, 0.3) is 33.6 Å². The number of anilines is 1. The number of aromatic nitrogens is 2. The Bertz CT molecular complexity index is 1190. The summed E-state index contributed by atoms with van der Waals surface area (Å²) in [6.07, 6.45) is 4.03. The van der Waals surface area contributed by atoms with Gasteiger partial charge in [0.1, 0.15) is 23.7 Å². The molecule has 0 amide bonds. The molecule has 0 unspecified atom stereocenters. The van der Waals surface area contributed by atoms with Gasteiger partial charge in [0.25, 0.3) is 0 Å². The maximum absolute atomic E-state index is 10.7. The van der Waals surface area contributed by atoms with Crippen LogP contribution in [0.4, 0.5) is 5.82 Å². The Morgan fingerprint density at radius 1 is 1.00 bits per heavy atom. The topological polar surface area (TPSA) is 97.5 Å². The third kappa shape index (κ3) is 5.93. The first-order chi connectivity index (χ1) is 15.7. The minimum atomic E-state index is -0.758. The summed E-state index contributed by atoms with van der Waals surface area (Å²) in [6.45, 7) is 0.680. The van der Waals surface area contributed by atoms with E-state index in [1.54, 1.807) is 7.11 Å². The first-order valence-corrected chi connectivity index (χ1v) is 10.6. The van der Waals surface area contributed by atoms with Gasteiger partial charge >= 0.3 is 5.97 Å². The van der Waals surface area contributed by atoms with Crippen LogP contribution in [0.5, 0.6) is 5.75 Å². The van der Waals surface area contributed by atoms with Crippen LogP contribution >= 0.6 is 0 Å². The Balaban J connectivity index is 0.00000306. The van der Waals surface area contributed by atoms with E-state index in [1.807, 2.05) is 54.6 Å². The second-order valence-electron chi connectivity index (χ2n) is 7.43. The average molecular weight is 454 g/mol. The Morgan fingerprint density at radius 3 is 2.45 bits per heavy atom. The van der Waals surface area contributed by atoms with Crippen LogP contribution in [-0.4, -0.2) is 64.3 Å². The van der Waals surface area contributed by atoms with Gasteiger partial charge in [-0.2, -0.15) is 0 Å². The van der Waals surface area contributed by atoms with E-state index < -0.39 is 5.97 Å². The molecule has 0 aliphatic carbocycles. The van der Waals surface area contributed by atoms with Crippen molar-refractivity contribution in [1.82, 2.24) is 9.97 Å². The number of nitrogens with one attached hydrogen (secondary N) is 1. The number of furan rings is 1. The summed E-state index contributed by atoms with van der Waals surface area (Å²) in [4.78, 5) is 19.5. The number of hydrogen-bond acceptors (Lipinski definition) is 6. The molecular formula is C25H25N3NaO4. The molecular weight excluding hydrogens is 429 g/mol. The molecule has 4 aromatic rings. The van der Waals surface area contributed by atoms with Crippen LogP contribution in [-0.2, 0) is 4.79 Å². The van der Waals surface area contributed by atoms with Gasteiger partial charge in [0.05, 0.1) is 12.5 Å². The maximum Gasteiger partial charge on any atom is 0.303 e. The molecule has 7 nitrogen and oxygen atoms in total. The van der Waals surface area contributed by atoms with Gasteiger partial charge in [-0.25, -0.2) is 9.97 Å².